The van der Waals surface area contributed by atoms with Gasteiger partial charge in [0.25, 0.3) is 0 Å². The van der Waals surface area contributed by atoms with Gasteiger partial charge in [0.05, 0.1) is 38.4 Å². The minimum absolute atomic E-state index is 0.0453. The predicted octanol–water partition coefficient (Wildman–Crippen LogP) is 8.31. The van der Waals surface area contributed by atoms with Crippen molar-refractivity contribution in [1.29, 1.82) is 0 Å². The minimum atomic E-state index is -3.16. The molecule has 0 radical (unpaired) electrons. The molecule has 2 heterocycles. The first-order valence-corrected chi connectivity index (χ1v) is 15.9. The van der Waals surface area contributed by atoms with Crippen LogP contribution in [-0.4, -0.2) is 44.9 Å². The van der Waals surface area contributed by atoms with Crippen LogP contribution in [0.4, 0.5) is 22.0 Å². The van der Waals surface area contributed by atoms with Crippen molar-refractivity contribution in [2.75, 3.05) is 26.4 Å². The zero-order chi connectivity index (χ0) is 29.7. The van der Waals surface area contributed by atoms with Gasteiger partial charge in [0.15, 0.2) is 30.0 Å². The van der Waals surface area contributed by atoms with Crippen LogP contribution in [-0.2, 0) is 23.7 Å². The summed E-state index contributed by atoms with van der Waals surface area (Å²) in [7, 11) is 0. The monoisotopic (exact) mass is 604 g/mol. The Morgan fingerprint density at radius 2 is 1.33 bits per heavy atom. The number of alkyl halides is 2. The van der Waals surface area contributed by atoms with E-state index in [4.69, 9.17) is 23.7 Å². The maximum atomic E-state index is 15.2. The molecule has 0 bridgehead atoms. The second-order valence-electron chi connectivity index (χ2n) is 12.8. The lowest BCUT2D eigenvalue weighted by molar-refractivity contribution is -0.306. The van der Waals surface area contributed by atoms with Crippen molar-refractivity contribution < 1.29 is 45.6 Å². The number of hydrogen-bond donors (Lipinski definition) is 0. The van der Waals surface area contributed by atoms with E-state index in [0.29, 0.717) is 83.7 Å². The van der Waals surface area contributed by atoms with Crippen molar-refractivity contribution in [2.24, 2.45) is 29.6 Å². The van der Waals surface area contributed by atoms with Gasteiger partial charge in [-0.1, -0.05) is 26.2 Å². The first kappa shape index (κ1) is 32.1. The lowest BCUT2D eigenvalue weighted by Gasteiger charge is -2.41. The third-order valence-electron chi connectivity index (χ3n) is 9.75. The zero-order valence-electron chi connectivity index (χ0n) is 24.5. The molecule has 4 aliphatic rings. The molecule has 4 fully saturated rings. The molecule has 0 N–H and O–H groups in total. The van der Waals surface area contributed by atoms with Crippen molar-refractivity contribution in [2.45, 2.75) is 109 Å². The Kier molecular flexibility index (Phi) is 11.2. The number of ether oxygens (including phenoxy) is 5. The van der Waals surface area contributed by atoms with Crippen LogP contribution >= 0.6 is 0 Å². The maximum Gasteiger partial charge on any atom is 0.358 e. The Bertz CT molecular complexity index is 957. The topological polar surface area (TPSA) is 46.2 Å². The molecule has 0 unspecified atom stereocenters. The normalized spacial score (nSPS) is 34.8. The maximum absolute atomic E-state index is 15.2. The van der Waals surface area contributed by atoms with E-state index < -0.39 is 41.9 Å². The summed E-state index contributed by atoms with van der Waals surface area (Å²) >= 11 is 0. The Morgan fingerprint density at radius 1 is 0.738 bits per heavy atom. The smallest absolute Gasteiger partial charge is 0.352 e. The van der Waals surface area contributed by atoms with Crippen molar-refractivity contribution >= 4 is 0 Å². The average Bonchev–Trinajstić information content (AvgIpc) is 3.00. The van der Waals surface area contributed by atoms with E-state index in [0.717, 1.165) is 18.6 Å². The molecule has 1 aromatic carbocycles. The van der Waals surface area contributed by atoms with Crippen LogP contribution in [0.1, 0.15) is 95.8 Å². The average molecular weight is 605 g/mol. The molecule has 1 aromatic rings. The highest BCUT2D eigenvalue weighted by atomic mass is 19.3. The highest BCUT2D eigenvalue weighted by Crippen LogP contribution is 2.44. The van der Waals surface area contributed by atoms with E-state index >= 15 is 8.78 Å². The van der Waals surface area contributed by atoms with E-state index in [-0.39, 0.29) is 29.6 Å². The summed E-state index contributed by atoms with van der Waals surface area (Å²) in [6.07, 6.45) is 4.42. The van der Waals surface area contributed by atoms with Crippen molar-refractivity contribution in [3.8, 4) is 0 Å². The second kappa shape index (κ2) is 14.6. The molecule has 10 heteroatoms. The fourth-order valence-electron chi connectivity index (χ4n) is 7.10. The van der Waals surface area contributed by atoms with E-state index in [1.54, 1.807) is 0 Å². The quantitative estimate of drug-likeness (QED) is 0.153. The largest absolute Gasteiger partial charge is 0.358 e. The molecule has 42 heavy (non-hydrogen) atoms. The molecule has 2 saturated heterocycles. The fourth-order valence-corrected chi connectivity index (χ4v) is 7.10. The number of unbranched alkanes of at least 4 members (excludes halogenated alkanes) is 2. The summed E-state index contributed by atoms with van der Waals surface area (Å²) in [5.41, 5.74) is 0.0865. The Labute approximate surface area is 245 Å². The van der Waals surface area contributed by atoms with E-state index in [2.05, 4.69) is 6.92 Å². The van der Waals surface area contributed by atoms with Crippen LogP contribution in [0, 0.1) is 47.0 Å². The summed E-state index contributed by atoms with van der Waals surface area (Å²) < 4.78 is 99.7. The molecule has 0 spiro atoms. The van der Waals surface area contributed by atoms with Gasteiger partial charge in [-0.3, -0.25) is 0 Å². The van der Waals surface area contributed by atoms with Gasteiger partial charge in [0, 0.05) is 23.3 Å². The summed E-state index contributed by atoms with van der Waals surface area (Å²) in [5, 5.41) is 0. The molecule has 2 saturated carbocycles. The zero-order valence-corrected chi connectivity index (χ0v) is 24.5. The van der Waals surface area contributed by atoms with Crippen LogP contribution < -0.4 is 0 Å². The summed E-state index contributed by atoms with van der Waals surface area (Å²) in [6.45, 7) is 4.22. The predicted molar refractivity (Wildman–Crippen MR) is 145 cm³/mol. The molecular formula is C32H45F5O5. The molecule has 2 aliphatic carbocycles. The summed E-state index contributed by atoms with van der Waals surface area (Å²) in [6, 6.07) is 1.75. The van der Waals surface area contributed by atoms with Crippen LogP contribution in [0.25, 0.3) is 0 Å². The summed E-state index contributed by atoms with van der Waals surface area (Å²) in [5.74, 6) is -4.05. The molecular weight excluding hydrogens is 559 g/mol. The lowest BCUT2D eigenvalue weighted by atomic mass is 9.78. The van der Waals surface area contributed by atoms with Crippen LogP contribution in [0.5, 0.6) is 0 Å². The standard InChI is InChI=1S/C32H45F5O5/c1-2-3-4-5-20-16-38-30(39-17-20)22-6-10-25(11-7-22)32(36,37)42-26-12-8-21(9-13-26)24-18-40-31(41-19-24)23-14-27(33)29(35)28(34)15-23/h14-15,20-22,24-26,30-31H,2-13,16-19H2,1H3. The first-order chi connectivity index (χ1) is 20.2. The molecule has 238 valence electrons. The van der Waals surface area contributed by atoms with E-state index in [9.17, 15) is 13.2 Å². The third kappa shape index (κ3) is 8.03. The Morgan fingerprint density at radius 3 is 1.93 bits per heavy atom. The molecule has 0 aromatic heterocycles. The second-order valence-corrected chi connectivity index (χ2v) is 12.8. The third-order valence-corrected chi connectivity index (χ3v) is 9.75. The number of benzene rings is 1. The van der Waals surface area contributed by atoms with Gasteiger partial charge in [0.2, 0.25) is 0 Å². The van der Waals surface area contributed by atoms with Crippen molar-refractivity contribution in [1.82, 2.24) is 0 Å². The van der Waals surface area contributed by atoms with Gasteiger partial charge in [-0.05, 0) is 75.8 Å². The molecule has 2 aliphatic heterocycles. The lowest BCUT2D eigenvalue weighted by Crippen LogP contribution is -2.43. The summed E-state index contributed by atoms with van der Waals surface area (Å²) in [4.78, 5) is 0. The van der Waals surface area contributed by atoms with Gasteiger partial charge in [-0.25, -0.2) is 13.2 Å². The Hall–Kier alpha value is -1.33. The molecule has 0 amide bonds. The van der Waals surface area contributed by atoms with Crippen LogP contribution in [0.3, 0.4) is 0 Å². The molecule has 5 rings (SSSR count). The molecule has 5 nitrogen and oxygen atoms in total. The number of rotatable bonds is 10. The van der Waals surface area contributed by atoms with Crippen molar-refractivity contribution in [3.63, 3.8) is 0 Å². The van der Waals surface area contributed by atoms with Crippen LogP contribution in [0.15, 0.2) is 12.1 Å². The van der Waals surface area contributed by atoms with E-state index in [1.165, 1.54) is 19.3 Å². The van der Waals surface area contributed by atoms with Gasteiger partial charge in [-0.15, -0.1) is 0 Å². The minimum Gasteiger partial charge on any atom is -0.352 e. The van der Waals surface area contributed by atoms with Gasteiger partial charge >= 0.3 is 6.11 Å². The fraction of sp³-hybridized carbons (Fsp3) is 0.812. The van der Waals surface area contributed by atoms with E-state index in [1.807, 2.05) is 0 Å². The number of hydrogen-bond acceptors (Lipinski definition) is 5. The highest BCUT2D eigenvalue weighted by Gasteiger charge is 2.46. The van der Waals surface area contributed by atoms with Crippen LogP contribution in [0.2, 0.25) is 0 Å². The highest BCUT2D eigenvalue weighted by molar-refractivity contribution is 5.20. The molecule has 0 atom stereocenters. The Balaban J connectivity index is 0.999. The first-order valence-electron chi connectivity index (χ1n) is 15.9. The van der Waals surface area contributed by atoms with Gasteiger partial charge in [-0.2, -0.15) is 8.78 Å². The van der Waals surface area contributed by atoms with Gasteiger partial charge in [0.1, 0.15) is 0 Å². The number of halogens is 5. The van der Waals surface area contributed by atoms with Gasteiger partial charge < -0.3 is 23.7 Å². The SMILES string of the molecule is CCCCCC1COC(C2CCC(C(F)(F)OC3CCC(C4COC(c5cc(F)c(F)c(F)c5)OC4)CC3)CC2)OC1. The van der Waals surface area contributed by atoms with Crippen molar-refractivity contribution in [3.05, 3.63) is 35.1 Å².